The van der Waals surface area contributed by atoms with E-state index in [1.807, 2.05) is 32.0 Å². The highest BCUT2D eigenvalue weighted by atomic mass is 16.5. The molecule has 2 aromatic carbocycles. The van der Waals surface area contributed by atoms with Crippen LogP contribution in [0.4, 0.5) is 5.69 Å². The van der Waals surface area contributed by atoms with Gasteiger partial charge in [-0.15, -0.1) is 0 Å². The Morgan fingerprint density at radius 3 is 2.41 bits per heavy atom. The molecule has 0 aliphatic carbocycles. The summed E-state index contributed by atoms with van der Waals surface area (Å²) >= 11 is 0. The smallest absolute Gasteiger partial charge is 0.150 e. The van der Waals surface area contributed by atoms with Crippen molar-refractivity contribution in [3.8, 4) is 17.2 Å². The van der Waals surface area contributed by atoms with Crippen molar-refractivity contribution in [2.45, 2.75) is 13.8 Å². The number of aryl methyl sites for hydroxylation is 2. The minimum absolute atomic E-state index is 0.222. The molecule has 0 atom stereocenters. The average Bonchev–Trinajstić information content (AvgIpc) is 2.29. The molecular formula is C14H15NO2. The summed E-state index contributed by atoms with van der Waals surface area (Å²) in [4.78, 5) is 0. The van der Waals surface area contributed by atoms with Gasteiger partial charge in [0.1, 0.15) is 17.2 Å². The van der Waals surface area contributed by atoms with Crippen molar-refractivity contribution < 1.29 is 9.84 Å². The molecule has 0 spiro atoms. The van der Waals surface area contributed by atoms with Crippen LogP contribution in [0, 0.1) is 13.8 Å². The van der Waals surface area contributed by atoms with Crippen molar-refractivity contribution in [1.29, 1.82) is 0 Å². The van der Waals surface area contributed by atoms with E-state index in [4.69, 9.17) is 10.5 Å². The zero-order valence-corrected chi connectivity index (χ0v) is 9.90. The molecule has 0 saturated heterocycles. The number of benzene rings is 2. The number of aromatic hydroxyl groups is 1. The second-order valence-corrected chi connectivity index (χ2v) is 4.04. The van der Waals surface area contributed by atoms with Crippen molar-refractivity contribution >= 4 is 5.69 Å². The normalized spacial score (nSPS) is 10.2. The summed E-state index contributed by atoms with van der Waals surface area (Å²) in [5, 5.41) is 9.66. The fourth-order valence-electron chi connectivity index (χ4n) is 1.62. The maximum atomic E-state index is 9.66. The highest BCUT2D eigenvalue weighted by Crippen LogP contribution is 2.33. The molecule has 0 heterocycles. The number of rotatable bonds is 2. The zero-order valence-electron chi connectivity index (χ0n) is 9.90. The molecule has 0 fully saturated rings. The maximum absolute atomic E-state index is 9.66. The van der Waals surface area contributed by atoms with Gasteiger partial charge in [-0.05, 0) is 43.2 Å². The largest absolute Gasteiger partial charge is 0.508 e. The molecule has 0 aromatic heterocycles. The van der Waals surface area contributed by atoms with Crippen LogP contribution in [-0.4, -0.2) is 5.11 Å². The molecule has 0 bridgehead atoms. The summed E-state index contributed by atoms with van der Waals surface area (Å²) < 4.78 is 5.69. The van der Waals surface area contributed by atoms with E-state index in [2.05, 4.69) is 0 Å². The number of phenolic OH excluding ortho intramolecular Hbond substituents is 1. The number of nitrogens with two attached hydrogens (primary N) is 1. The highest BCUT2D eigenvalue weighted by molar-refractivity contribution is 5.55. The molecule has 0 aliphatic heterocycles. The fourth-order valence-corrected chi connectivity index (χ4v) is 1.62. The molecule has 17 heavy (non-hydrogen) atoms. The quantitative estimate of drug-likeness (QED) is 0.776. The summed E-state index contributed by atoms with van der Waals surface area (Å²) in [6.45, 7) is 3.78. The van der Waals surface area contributed by atoms with Crippen molar-refractivity contribution in [3.63, 3.8) is 0 Å². The van der Waals surface area contributed by atoms with E-state index < -0.39 is 0 Å². The number of hydrogen-bond acceptors (Lipinski definition) is 3. The van der Waals surface area contributed by atoms with Gasteiger partial charge in [-0.25, -0.2) is 0 Å². The monoisotopic (exact) mass is 229 g/mol. The highest BCUT2D eigenvalue weighted by Gasteiger charge is 2.07. The van der Waals surface area contributed by atoms with Crippen LogP contribution < -0.4 is 10.5 Å². The average molecular weight is 229 g/mol. The van der Waals surface area contributed by atoms with Crippen molar-refractivity contribution in [2.75, 3.05) is 5.73 Å². The van der Waals surface area contributed by atoms with Gasteiger partial charge in [-0.1, -0.05) is 12.1 Å². The van der Waals surface area contributed by atoms with E-state index in [1.165, 1.54) is 0 Å². The van der Waals surface area contributed by atoms with Crippen LogP contribution in [-0.2, 0) is 0 Å². The van der Waals surface area contributed by atoms with E-state index in [1.54, 1.807) is 18.2 Å². The minimum Gasteiger partial charge on any atom is -0.508 e. The van der Waals surface area contributed by atoms with Crippen LogP contribution in [0.2, 0.25) is 0 Å². The SMILES string of the molecule is Cc1cc(C)c(Oc2ccccc2N)cc1O. The van der Waals surface area contributed by atoms with Gasteiger partial charge < -0.3 is 15.6 Å². The number of para-hydroxylation sites is 2. The lowest BCUT2D eigenvalue weighted by atomic mass is 10.1. The summed E-state index contributed by atoms with van der Waals surface area (Å²) in [6.07, 6.45) is 0. The van der Waals surface area contributed by atoms with E-state index in [0.29, 0.717) is 17.2 Å². The lowest BCUT2D eigenvalue weighted by Crippen LogP contribution is -1.93. The number of phenols is 1. The van der Waals surface area contributed by atoms with Gasteiger partial charge in [0, 0.05) is 6.07 Å². The molecule has 2 aromatic rings. The molecule has 0 saturated carbocycles. The number of nitrogen functional groups attached to an aromatic ring is 1. The number of ether oxygens (including phenoxy) is 1. The van der Waals surface area contributed by atoms with E-state index >= 15 is 0 Å². The molecular weight excluding hydrogens is 214 g/mol. The van der Waals surface area contributed by atoms with Crippen LogP contribution in [0.1, 0.15) is 11.1 Å². The van der Waals surface area contributed by atoms with Crippen LogP contribution in [0.15, 0.2) is 36.4 Å². The molecule has 0 aliphatic rings. The van der Waals surface area contributed by atoms with Gasteiger partial charge in [0.25, 0.3) is 0 Å². The fraction of sp³-hybridized carbons (Fsp3) is 0.143. The first-order valence-electron chi connectivity index (χ1n) is 5.40. The summed E-state index contributed by atoms with van der Waals surface area (Å²) in [7, 11) is 0. The predicted molar refractivity (Wildman–Crippen MR) is 68.5 cm³/mol. The molecule has 3 nitrogen and oxygen atoms in total. The van der Waals surface area contributed by atoms with Crippen molar-refractivity contribution in [1.82, 2.24) is 0 Å². The lowest BCUT2D eigenvalue weighted by molar-refractivity contribution is 0.451. The summed E-state index contributed by atoms with van der Waals surface area (Å²) in [5.41, 5.74) is 8.17. The Morgan fingerprint density at radius 2 is 1.71 bits per heavy atom. The van der Waals surface area contributed by atoms with Crippen LogP contribution in [0.3, 0.4) is 0 Å². The molecule has 3 heteroatoms. The molecule has 0 amide bonds. The van der Waals surface area contributed by atoms with Gasteiger partial charge in [0.2, 0.25) is 0 Å². The third-order valence-corrected chi connectivity index (χ3v) is 2.63. The molecule has 3 N–H and O–H groups in total. The van der Waals surface area contributed by atoms with Crippen LogP contribution >= 0.6 is 0 Å². The summed E-state index contributed by atoms with van der Waals surface area (Å²) in [5.74, 6) is 1.44. The number of anilines is 1. The lowest BCUT2D eigenvalue weighted by Gasteiger charge is -2.12. The van der Waals surface area contributed by atoms with E-state index in [9.17, 15) is 5.11 Å². The molecule has 88 valence electrons. The summed E-state index contributed by atoms with van der Waals surface area (Å²) in [6, 6.07) is 10.8. The van der Waals surface area contributed by atoms with Crippen LogP contribution in [0.25, 0.3) is 0 Å². The Bertz CT molecular complexity index is 550. The first kappa shape index (κ1) is 11.3. The first-order chi connectivity index (χ1) is 8.08. The predicted octanol–water partition coefficient (Wildman–Crippen LogP) is 3.38. The zero-order chi connectivity index (χ0) is 12.4. The Kier molecular flexibility index (Phi) is 2.91. The Hall–Kier alpha value is -2.16. The maximum Gasteiger partial charge on any atom is 0.150 e. The second kappa shape index (κ2) is 4.37. The molecule has 0 radical (unpaired) electrons. The Balaban J connectivity index is 2.37. The van der Waals surface area contributed by atoms with Crippen molar-refractivity contribution in [2.24, 2.45) is 0 Å². The third kappa shape index (κ3) is 2.33. The van der Waals surface area contributed by atoms with Crippen molar-refractivity contribution in [3.05, 3.63) is 47.5 Å². The Labute approximate surface area is 100 Å². The van der Waals surface area contributed by atoms with Gasteiger partial charge >= 0.3 is 0 Å². The molecule has 2 rings (SSSR count). The Morgan fingerprint density at radius 1 is 1.00 bits per heavy atom. The number of hydrogen-bond donors (Lipinski definition) is 2. The third-order valence-electron chi connectivity index (χ3n) is 2.63. The van der Waals surface area contributed by atoms with Crippen LogP contribution in [0.5, 0.6) is 17.2 Å². The van der Waals surface area contributed by atoms with Gasteiger partial charge in [0.15, 0.2) is 0 Å². The van der Waals surface area contributed by atoms with E-state index in [-0.39, 0.29) is 5.75 Å². The molecule has 0 unspecified atom stereocenters. The van der Waals surface area contributed by atoms with Gasteiger partial charge in [-0.2, -0.15) is 0 Å². The first-order valence-corrected chi connectivity index (χ1v) is 5.40. The van der Waals surface area contributed by atoms with Gasteiger partial charge in [0.05, 0.1) is 5.69 Å². The standard InChI is InChI=1S/C14H15NO2/c1-9-7-10(2)14(8-12(9)16)17-13-6-4-3-5-11(13)15/h3-8,16H,15H2,1-2H3. The topological polar surface area (TPSA) is 55.5 Å². The second-order valence-electron chi connectivity index (χ2n) is 4.04. The minimum atomic E-state index is 0.222. The van der Waals surface area contributed by atoms with Gasteiger partial charge in [-0.3, -0.25) is 0 Å². The van der Waals surface area contributed by atoms with E-state index in [0.717, 1.165) is 11.1 Å².